The van der Waals surface area contributed by atoms with Gasteiger partial charge < -0.3 is 14.8 Å². The molecular weight excluding hydrogens is 220 g/mol. The summed E-state index contributed by atoms with van der Waals surface area (Å²) in [7, 11) is 1.59. The largest absolute Gasteiger partial charge is 0.502 e. The summed E-state index contributed by atoms with van der Waals surface area (Å²) in [6, 6.07) is 7.49. The van der Waals surface area contributed by atoms with Crippen LogP contribution in [0, 0.1) is 0 Å². The van der Waals surface area contributed by atoms with Gasteiger partial charge in [0, 0.05) is 12.0 Å². The Morgan fingerprint density at radius 1 is 1.41 bits per heavy atom. The first kappa shape index (κ1) is 11.2. The van der Waals surface area contributed by atoms with Crippen molar-refractivity contribution in [3.05, 3.63) is 52.2 Å². The number of aromatic nitrogens is 2. The molecule has 0 aliphatic heterocycles. The molecule has 1 aromatic carbocycles. The predicted octanol–water partition coefficient (Wildman–Crippen LogP) is 1.07. The summed E-state index contributed by atoms with van der Waals surface area (Å²) in [5.74, 6) is 0.842. The quantitative estimate of drug-likeness (QED) is 0.830. The second kappa shape index (κ2) is 4.69. The smallest absolute Gasteiger partial charge is 0.293 e. The maximum absolute atomic E-state index is 11.2. The van der Waals surface area contributed by atoms with Crippen LogP contribution in [-0.2, 0) is 6.42 Å². The summed E-state index contributed by atoms with van der Waals surface area (Å²) >= 11 is 0. The van der Waals surface area contributed by atoms with Crippen molar-refractivity contribution < 1.29 is 9.84 Å². The average Bonchev–Trinajstić information content (AvgIpc) is 2.34. The van der Waals surface area contributed by atoms with E-state index in [4.69, 9.17) is 9.84 Å². The van der Waals surface area contributed by atoms with Crippen LogP contribution in [0.4, 0.5) is 0 Å². The standard InChI is InChI=1S/C12H12N2O3/c1-17-10-5-3-2-4-8(10)6-11-13-7-9(15)12(16)14-11/h2-5,7,15H,6H2,1H3,(H,13,14,16). The van der Waals surface area contributed by atoms with Crippen LogP contribution >= 0.6 is 0 Å². The first-order valence-electron chi connectivity index (χ1n) is 5.10. The van der Waals surface area contributed by atoms with Crippen molar-refractivity contribution in [2.75, 3.05) is 7.11 Å². The summed E-state index contributed by atoms with van der Waals surface area (Å²) < 4.78 is 5.20. The van der Waals surface area contributed by atoms with Crippen molar-refractivity contribution in [2.45, 2.75) is 6.42 Å². The molecule has 17 heavy (non-hydrogen) atoms. The second-order valence-corrected chi connectivity index (χ2v) is 3.53. The van der Waals surface area contributed by atoms with Crippen molar-refractivity contribution in [3.8, 4) is 11.5 Å². The third-order valence-electron chi connectivity index (χ3n) is 2.38. The van der Waals surface area contributed by atoms with Crippen molar-refractivity contribution >= 4 is 0 Å². The topological polar surface area (TPSA) is 75.2 Å². The fourth-order valence-corrected chi connectivity index (χ4v) is 1.54. The molecule has 2 aromatic rings. The molecule has 5 nitrogen and oxygen atoms in total. The number of hydrogen-bond acceptors (Lipinski definition) is 4. The number of nitrogens with zero attached hydrogens (tertiary/aromatic N) is 1. The number of aromatic hydroxyl groups is 1. The van der Waals surface area contributed by atoms with Crippen molar-refractivity contribution in [3.63, 3.8) is 0 Å². The van der Waals surface area contributed by atoms with Gasteiger partial charge >= 0.3 is 0 Å². The van der Waals surface area contributed by atoms with Gasteiger partial charge in [0.1, 0.15) is 11.6 Å². The van der Waals surface area contributed by atoms with E-state index in [1.165, 1.54) is 0 Å². The Balaban J connectivity index is 2.31. The Bertz CT molecular complexity index is 578. The molecule has 1 aromatic heterocycles. The zero-order valence-corrected chi connectivity index (χ0v) is 9.30. The molecule has 0 aliphatic carbocycles. The van der Waals surface area contributed by atoms with Gasteiger partial charge in [-0.25, -0.2) is 4.98 Å². The number of nitrogens with one attached hydrogen (secondary N) is 1. The molecule has 0 amide bonds. The van der Waals surface area contributed by atoms with Crippen molar-refractivity contribution in [1.82, 2.24) is 9.97 Å². The lowest BCUT2D eigenvalue weighted by Gasteiger charge is -2.07. The number of para-hydroxylation sites is 1. The van der Waals surface area contributed by atoms with E-state index >= 15 is 0 Å². The number of methoxy groups -OCH3 is 1. The van der Waals surface area contributed by atoms with Crippen LogP contribution < -0.4 is 10.3 Å². The molecule has 0 saturated heterocycles. The summed E-state index contributed by atoms with van der Waals surface area (Å²) in [5.41, 5.74) is 0.383. The molecule has 0 bridgehead atoms. The van der Waals surface area contributed by atoms with E-state index < -0.39 is 5.56 Å². The summed E-state index contributed by atoms with van der Waals surface area (Å²) in [4.78, 5) is 17.7. The number of H-pyrrole nitrogens is 1. The fourth-order valence-electron chi connectivity index (χ4n) is 1.54. The third kappa shape index (κ3) is 2.44. The van der Waals surface area contributed by atoms with Gasteiger partial charge in [-0.1, -0.05) is 18.2 Å². The lowest BCUT2D eigenvalue weighted by Crippen LogP contribution is -2.10. The number of ether oxygens (including phenoxy) is 1. The molecule has 0 saturated carbocycles. The van der Waals surface area contributed by atoms with Gasteiger partial charge in [0.2, 0.25) is 0 Å². The van der Waals surface area contributed by atoms with Crippen LogP contribution in [0.15, 0.2) is 35.3 Å². The number of hydrogen-bond donors (Lipinski definition) is 2. The molecule has 0 spiro atoms. The van der Waals surface area contributed by atoms with Crippen LogP contribution in [0.25, 0.3) is 0 Å². The van der Waals surface area contributed by atoms with Crippen LogP contribution in [-0.4, -0.2) is 22.2 Å². The maximum Gasteiger partial charge on any atom is 0.293 e. The van der Waals surface area contributed by atoms with Gasteiger partial charge in [0.25, 0.3) is 5.56 Å². The normalized spacial score (nSPS) is 10.2. The zero-order chi connectivity index (χ0) is 12.3. The Kier molecular flexibility index (Phi) is 3.09. The van der Waals surface area contributed by atoms with E-state index in [2.05, 4.69) is 9.97 Å². The highest BCUT2D eigenvalue weighted by atomic mass is 16.5. The molecule has 88 valence electrons. The Morgan fingerprint density at radius 2 is 2.18 bits per heavy atom. The lowest BCUT2D eigenvalue weighted by molar-refractivity contribution is 0.410. The van der Waals surface area contributed by atoms with E-state index in [1.54, 1.807) is 7.11 Å². The highest BCUT2D eigenvalue weighted by molar-refractivity contribution is 5.35. The number of aromatic amines is 1. The summed E-state index contributed by atoms with van der Waals surface area (Å²) in [5, 5.41) is 9.08. The van der Waals surface area contributed by atoms with Crippen molar-refractivity contribution in [2.24, 2.45) is 0 Å². The molecule has 0 fully saturated rings. The van der Waals surface area contributed by atoms with Gasteiger partial charge in [-0.2, -0.15) is 0 Å². The molecular formula is C12H12N2O3. The molecule has 0 radical (unpaired) electrons. The van der Waals surface area contributed by atoms with Gasteiger partial charge in [-0.15, -0.1) is 0 Å². The predicted molar refractivity (Wildman–Crippen MR) is 62.3 cm³/mol. The van der Waals surface area contributed by atoms with Crippen LogP contribution in [0.3, 0.4) is 0 Å². The second-order valence-electron chi connectivity index (χ2n) is 3.53. The van der Waals surface area contributed by atoms with Crippen LogP contribution in [0.5, 0.6) is 11.5 Å². The van der Waals surface area contributed by atoms with E-state index in [9.17, 15) is 4.79 Å². The molecule has 2 N–H and O–H groups in total. The maximum atomic E-state index is 11.2. The monoisotopic (exact) mass is 232 g/mol. The molecule has 0 atom stereocenters. The minimum Gasteiger partial charge on any atom is -0.502 e. The highest BCUT2D eigenvalue weighted by Gasteiger charge is 2.06. The van der Waals surface area contributed by atoms with Crippen LogP contribution in [0.1, 0.15) is 11.4 Å². The minimum absolute atomic E-state index is 0.381. The van der Waals surface area contributed by atoms with E-state index in [1.807, 2.05) is 24.3 Å². The molecule has 2 rings (SSSR count). The van der Waals surface area contributed by atoms with Gasteiger partial charge in [-0.05, 0) is 6.07 Å². The van der Waals surface area contributed by atoms with E-state index in [-0.39, 0.29) is 5.75 Å². The Labute approximate surface area is 97.7 Å². The zero-order valence-electron chi connectivity index (χ0n) is 9.30. The molecule has 0 unspecified atom stereocenters. The number of benzene rings is 1. The fraction of sp³-hybridized carbons (Fsp3) is 0.167. The van der Waals surface area contributed by atoms with E-state index in [0.717, 1.165) is 17.5 Å². The van der Waals surface area contributed by atoms with E-state index in [0.29, 0.717) is 12.2 Å². The lowest BCUT2D eigenvalue weighted by atomic mass is 10.1. The molecule has 0 aliphatic rings. The summed E-state index contributed by atoms with van der Waals surface area (Å²) in [6.45, 7) is 0. The molecule has 5 heteroatoms. The minimum atomic E-state index is -0.537. The summed E-state index contributed by atoms with van der Waals surface area (Å²) in [6.07, 6.45) is 1.59. The van der Waals surface area contributed by atoms with Gasteiger partial charge in [0.05, 0.1) is 13.3 Å². The first-order chi connectivity index (χ1) is 8.20. The van der Waals surface area contributed by atoms with Gasteiger partial charge in [0.15, 0.2) is 5.75 Å². The Morgan fingerprint density at radius 3 is 2.88 bits per heavy atom. The molecule has 1 heterocycles. The van der Waals surface area contributed by atoms with Crippen molar-refractivity contribution in [1.29, 1.82) is 0 Å². The average molecular weight is 232 g/mol. The first-order valence-corrected chi connectivity index (χ1v) is 5.10. The van der Waals surface area contributed by atoms with Gasteiger partial charge in [-0.3, -0.25) is 4.79 Å². The third-order valence-corrected chi connectivity index (χ3v) is 2.38. The Hall–Kier alpha value is -2.30. The highest BCUT2D eigenvalue weighted by Crippen LogP contribution is 2.19. The number of rotatable bonds is 3. The van der Waals surface area contributed by atoms with Crippen LogP contribution in [0.2, 0.25) is 0 Å². The SMILES string of the molecule is COc1ccccc1Cc1ncc(O)c(=O)[nH]1.